The number of esters is 1. The van der Waals surface area contributed by atoms with Crippen molar-refractivity contribution in [2.45, 2.75) is 19.8 Å². The number of anilines is 1. The first-order valence-corrected chi connectivity index (χ1v) is 9.61. The molecule has 3 aromatic rings. The highest BCUT2D eigenvalue weighted by molar-refractivity contribution is 7.13. The Labute approximate surface area is 162 Å². The first-order valence-electron chi connectivity index (χ1n) is 8.73. The molecule has 1 amide bonds. The number of benzene rings is 2. The third-order valence-electron chi connectivity index (χ3n) is 3.88. The summed E-state index contributed by atoms with van der Waals surface area (Å²) >= 11 is 1.57. The van der Waals surface area contributed by atoms with E-state index in [1.54, 1.807) is 42.5 Å². The number of carbonyl (C=O) groups excluding carboxylic acids is 2. The van der Waals surface area contributed by atoms with E-state index in [9.17, 15) is 9.59 Å². The van der Waals surface area contributed by atoms with Gasteiger partial charge in [0.1, 0.15) is 5.01 Å². The van der Waals surface area contributed by atoms with E-state index in [4.69, 9.17) is 4.74 Å². The molecule has 3 rings (SSSR count). The molecular formula is C21H20N2O3S. The molecule has 0 saturated heterocycles. The van der Waals surface area contributed by atoms with Crippen LogP contribution in [0.2, 0.25) is 0 Å². The third-order valence-corrected chi connectivity index (χ3v) is 4.82. The average molecular weight is 380 g/mol. The largest absolute Gasteiger partial charge is 0.462 e. The number of aryl methyl sites for hydroxylation is 1. The zero-order chi connectivity index (χ0) is 19.1. The molecule has 0 fully saturated rings. The second kappa shape index (κ2) is 9.09. The van der Waals surface area contributed by atoms with E-state index in [0.29, 0.717) is 17.7 Å². The molecule has 0 unspecified atom stereocenters. The first kappa shape index (κ1) is 18.8. The number of thiazole rings is 1. The van der Waals surface area contributed by atoms with Crippen molar-refractivity contribution >= 4 is 28.9 Å². The van der Waals surface area contributed by atoms with Crippen molar-refractivity contribution < 1.29 is 14.3 Å². The number of hydrogen-bond donors (Lipinski definition) is 1. The van der Waals surface area contributed by atoms with Crippen molar-refractivity contribution in [2.24, 2.45) is 0 Å². The van der Waals surface area contributed by atoms with Gasteiger partial charge in [-0.15, -0.1) is 11.3 Å². The van der Waals surface area contributed by atoms with Gasteiger partial charge in [-0.05, 0) is 25.5 Å². The van der Waals surface area contributed by atoms with E-state index in [1.807, 2.05) is 35.7 Å². The molecule has 1 aromatic heterocycles. The fraction of sp³-hybridized carbons (Fsp3) is 0.190. The van der Waals surface area contributed by atoms with E-state index >= 15 is 0 Å². The highest BCUT2D eigenvalue weighted by atomic mass is 32.1. The van der Waals surface area contributed by atoms with Gasteiger partial charge in [-0.25, -0.2) is 9.78 Å². The Morgan fingerprint density at radius 1 is 1.07 bits per heavy atom. The van der Waals surface area contributed by atoms with Crippen LogP contribution in [0.5, 0.6) is 0 Å². The van der Waals surface area contributed by atoms with Crippen LogP contribution in [-0.2, 0) is 16.0 Å². The van der Waals surface area contributed by atoms with Gasteiger partial charge in [0.25, 0.3) is 0 Å². The van der Waals surface area contributed by atoms with Gasteiger partial charge in [0.05, 0.1) is 23.6 Å². The third kappa shape index (κ3) is 5.01. The second-order valence-electron chi connectivity index (χ2n) is 5.82. The fourth-order valence-corrected chi connectivity index (χ4v) is 3.43. The van der Waals surface area contributed by atoms with Crippen molar-refractivity contribution in [3.05, 3.63) is 71.2 Å². The molecule has 27 heavy (non-hydrogen) atoms. The normalized spacial score (nSPS) is 10.4. The number of nitrogens with one attached hydrogen (secondary N) is 1. The molecule has 0 aliphatic rings. The zero-order valence-corrected chi connectivity index (χ0v) is 15.8. The summed E-state index contributed by atoms with van der Waals surface area (Å²) in [5, 5.41) is 5.71. The Balaban J connectivity index is 1.60. The maximum Gasteiger partial charge on any atom is 0.340 e. The molecule has 0 radical (unpaired) electrons. The number of rotatable bonds is 7. The number of ether oxygens (including phenoxy) is 1. The molecule has 1 heterocycles. The maximum absolute atomic E-state index is 12.3. The summed E-state index contributed by atoms with van der Waals surface area (Å²) in [6, 6.07) is 16.8. The monoisotopic (exact) mass is 380 g/mol. The number of amides is 1. The van der Waals surface area contributed by atoms with Gasteiger partial charge in [-0.1, -0.05) is 42.5 Å². The lowest BCUT2D eigenvalue weighted by atomic mass is 10.1. The minimum absolute atomic E-state index is 0.166. The second-order valence-corrected chi connectivity index (χ2v) is 6.68. The lowest BCUT2D eigenvalue weighted by Gasteiger charge is -2.10. The molecule has 5 nitrogen and oxygen atoms in total. The average Bonchev–Trinajstić information content (AvgIpc) is 3.17. The molecule has 1 N–H and O–H groups in total. The summed E-state index contributed by atoms with van der Waals surface area (Å²) in [5.41, 5.74) is 2.77. The van der Waals surface area contributed by atoms with Crippen molar-refractivity contribution in [3.8, 4) is 10.6 Å². The Morgan fingerprint density at radius 2 is 1.81 bits per heavy atom. The molecule has 0 spiro atoms. The van der Waals surface area contributed by atoms with Crippen LogP contribution >= 0.6 is 11.3 Å². The zero-order valence-electron chi connectivity index (χ0n) is 15.0. The number of hydrogen-bond acceptors (Lipinski definition) is 5. The van der Waals surface area contributed by atoms with E-state index in [2.05, 4.69) is 10.3 Å². The van der Waals surface area contributed by atoms with Gasteiger partial charge in [0.2, 0.25) is 5.91 Å². The van der Waals surface area contributed by atoms with E-state index in [-0.39, 0.29) is 18.9 Å². The fourth-order valence-electron chi connectivity index (χ4n) is 2.57. The molecular weight excluding hydrogens is 360 g/mol. The maximum atomic E-state index is 12.3. The van der Waals surface area contributed by atoms with Gasteiger partial charge in [-0.3, -0.25) is 4.79 Å². The SMILES string of the molecule is CCOC(=O)c1ccccc1NC(=O)CCc1csc(-c2ccccc2)n1. The van der Waals surface area contributed by atoms with Crippen molar-refractivity contribution in [1.29, 1.82) is 0 Å². The van der Waals surface area contributed by atoms with E-state index < -0.39 is 5.97 Å². The summed E-state index contributed by atoms with van der Waals surface area (Å²) < 4.78 is 5.03. The Morgan fingerprint density at radius 3 is 2.59 bits per heavy atom. The molecule has 2 aromatic carbocycles. The standard InChI is InChI=1S/C21H20N2O3S/c1-2-26-21(25)17-10-6-7-11-18(17)23-19(24)13-12-16-14-27-20(22-16)15-8-4-3-5-9-15/h3-11,14H,2,12-13H2,1H3,(H,23,24). The van der Waals surface area contributed by atoms with Gasteiger partial charge in [0.15, 0.2) is 0 Å². The van der Waals surface area contributed by atoms with Crippen LogP contribution in [0, 0.1) is 0 Å². The van der Waals surface area contributed by atoms with Crippen LogP contribution in [0.15, 0.2) is 60.0 Å². The van der Waals surface area contributed by atoms with Crippen molar-refractivity contribution in [1.82, 2.24) is 4.98 Å². The molecule has 0 aliphatic carbocycles. The van der Waals surface area contributed by atoms with Crippen molar-refractivity contribution in [3.63, 3.8) is 0 Å². The van der Waals surface area contributed by atoms with Gasteiger partial charge >= 0.3 is 5.97 Å². The Kier molecular flexibility index (Phi) is 6.33. The highest BCUT2D eigenvalue weighted by Crippen LogP contribution is 2.24. The van der Waals surface area contributed by atoms with Gasteiger partial charge in [0, 0.05) is 17.4 Å². The quantitative estimate of drug-likeness (QED) is 0.610. The van der Waals surface area contributed by atoms with Gasteiger partial charge in [-0.2, -0.15) is 0 Å². The van der Waals surface area contributed by atoms with Crippen LogP contribution in [-0.4, -0.2) is 23.5 Å². The summed E-state index contributed by atoms with van der Waals surface area (Å²) in [6.45, 7) is 2.03. The van der Waals surface area contributed by atoms with Crippen molar-refractivity contribution in [2.75, 3.05) is 11.9 Å². The number of nitrogens with zero attached hydrogens (tertiary/aromatic N) is 1. The first-order chi connectivity index (χ1) is 13.2. The van der Waals surface area contributed by atoms with E-state index in [1.165, 1.54) is 0 Å². The molecule has 6 heteroatoms. The minimum atomic E-state index is -0.444. The minimum Gasteiger partial charge on any atom is -0.462 e. The lowest BCUT2D eigenvalue weighted by Crippen LogP contribution is -2.16. The number of para-hydroxylation sites is 1. The lowest BCUT2D eigenvalue weighted by molar-refractivity contribution is -0.116. The van der Waals surface area contributed by atoms with Crippen LogP contribution in [0.4, 0.5) is 5.69 Å². The summed E-state index contributed by atoms with van der Waals surface area (Å²) in [4.78, 5) is 28.9. The Bertz CT molecular complexity index is 922. The van der Waals surface area contributed by atoms with Crippen LogP contribution in [0.25, 0.3) is 10.6 Å². The number of carbonyl (C=O) groups is 2. The summed E-state index contributed by atoms with van der Waals surface area (Å²) in [7, 11) is 0. The predicted molar refractivity (Wildman–Crippen MR) is 107 cm³/mol. The van der Waals surface area contributed by atoms with Gasteiger partial charge < -0.3 is 10.1 Å². The van der Waals surface area contributed by atoms with Crippen LogP contribution in [0.1, 0.15) is 29.4 Å². The molecule has 0 saturated carbocycles. The smallest absolute Gasteiger partial charge is 0.340 e. The van der Waals surface area contributed by atoms with Crippen LogP contribution < -0.4 is 5.32 Å². The summed E-state index contributed by atoms with van der Waals surface area (Å²) in [6.07, 6.45) is 0.825. The Hall–Kier alpha value is -2.99. The molecule has 0 atom stereocenters. The molecule has 138 valence electrons. The molecule has 0 bridgehead atoms. The summed E-state index contributed by atoms with van der Waals surface area (Å²) in [5.74, 6) is -0.610. The predicted octanol–water partition coefficient (Wildman–Crippen LogP) is 4.56. The molecule has 0 aliphatic heterocycles. The topological polar surface area (TPSA) is 68.3 Å². The van der Waals surface area contributed by atoms with Crippen LogP contribution in [0.3, 0.4) is 0 Å². The highest BCUT2D eigenvalue weighted by Gasteiger charge is 2.14. The van der Waals surface area contributed by atoms with E-state index in [0.717, 1.165) is 16.3 Å². The number of aromatic nitrogens is 1.